The van der Waals surface area contributed by atoms with Crippen molar-refractivity contribution in [2.45, 2.75) is 32.9 Å². The molecule has 1 amide bonds. The van der Waals surface area contributed by atoms with Crippen molar-refractivity contribution < 1.29 is 9.53 Å². The lowest BCUT2D eigenvalue weighted by Gasteiger charge is -2.33. The highest BCUT2D eigenvalue weighted by Crippen LogP contribution is 2.23. The standard InChI is InChI=1S/C17H26N4O3/c1-3-6-21-16(22)5-4-14(18-21)17(23)20-11-13(2)15(12-20)19-7-9-24-10-8-19/h4-5,13,15H,3,6-12H2,1-2H3/t13-,15+/m0/s1. The number of amides is 1. The summed E-state index contributed by atoms with van der Waals surface area (Å²) >= 11 is 0. The van der Waals surface area contributed by atoms with Gasteiger partial charge in [-0.1, -0.05) is 13.8 Å². The number of ether oxygens (including phenoxy) is 1. The third-order valence-electron chi connectivity index (χ3n) is 4.90. The molecule has 0 unspecified atom stereocenters. The molecule has 7 nitrogen and oxygen atoms in total. The van der Waals surface area contributed by atoms with Gasteiger partial charge in [0.15, 0.2) is 0 Å². The second kappa shape index (κ2) is 7.44. The van der Waals surface area contributed by atoms with Crippen LogP contribution in [0.2, 0.25) is 0 Å². The van der Waals surface area contributed by atoms with Gasteiger partial charge in [-0.2, -0.15) is 5.10 Å². The Morgan fingerprint density at radius 2 is 2.04 bits per heavy atom. The maximum absolute atomic E-state index is 12.8. The van der Waals surface area contributed by atoms with Gasteiger partial charge in [0.05, 0.1) is 13.2 Å². The number of likely N-dealkylation sites (tertiary alicyclic amines) is 1. The maximum Gasteiger partial charge on any atom is 0.274 e. The zero-order chi connectivity index (χ0) is 17.1. The Morgan fingerprint density at radius 3 is 2.75 bits per heavy atom. The lowest BCUT2D eigenvalue weighted by atomic mass is 10.0. The fraction of sp³-hybridized carbons (Fsp3) is 0.706. The predicted molar refractivity (Wildman–Crippen MR) is 90.0 cm³/mol. The van der Waals surface area contributed by atoms with Gasteiger partial charge in [0, 0.05) is 44.8 Å². The Balaban J connectivity index is 1.71. The lowest BCUT2D eigenvalue weighted by Crippen LogP contribution is -2.47. The number of hydrogen-bond donors (Lipinski definition) is 0. The maximum atomic E-state index is 12.8. The molecule has 0 N–H and O–H groups in total. The molecular formula is C17H26N4O3. The molecule has 2 saturated heterocycles. The summed E-state index contributed by atoms with van der Waals surface area (Å²) in [6, 6.07) is 3.36. The second-order valence-corrected chi connectivity index (χ2v) is 6.68. The molecule has 0 aliphatic carbocycles. The minimum absolute atomic E-state index is 0.0811. The van der Waals surface area contributed by atoms with Crippen LogP contribution in [0, 0.1) is 5.92 Å². The Morgan fingerprint density at radius 1 is 1.29 bits per heavy atom. The highest BCUT2D eigenvalue weighted by molar-refractivity contribution is 5.92. The topological polar surface area (TPSA) is 67.7 Å². The van der Waals surface area contributed by atoms with E-state index >= 15 is 0 Å². The summed E-state index contributed by atoms with van der Waals surface area (Å²) < 4.78 is 6.80. The van der Waals surface area contributed by atoms with Crippen molar-refractivity contribution in [2.24, 2.45) is 5.92 Å². The molecule has 1 aromatic rings. The Kier molecular flexibility index (Phi) is 5.30. The summed E-state index contributed by atoms with van der Waals surface area (Å²) in [6.07, 6.45) is 0.810. The number of carbonyl (C=O) groups excluding carboxylic acids is 1. The van der Waals surface area contributed by atoms with E-state index in [4.69, 9.17) is 4.74 Å². The molecule has 0 aromatic carbocycles. The molecule has 2 aliphatic heterocycles. The van der Waals surface area contributed by atoms with Crippen LogP contribution < -0.4 is 5.56 Å². The quantitative estimate of drug-likeness (QED) is 0.800. The van der Waals surface area contributed by atoms with Gasteiger partial charge in [-0.05, 0) is 18.4 Å². The van der Waals surface area contributed by atoms with Crippen LogP contribution in [0.5, 0.6) is 0 Å². The molecule has 0 radical (unpaired) electrons. The summed E-state index contributed by atoms with van der Waals surface area (Å²) in [5, 5.41) is 4.25. The Hall–Kier alpha value is -1.73. The molecule has 24 heavy (non-hydrogen) atoms. The molecule has 1 aromatic heterocycles. The van der Waals surface area contributed by atoms with Crippen LogP contribution in [-0.2, 0) is 11.3 Å². The monoisotopic (exact) mass is 334 g/mol. The molecule has 3 rings (SSSR count). The lowest BCUT2D eigenvalue weighted by molar-refractivity contribution is 0.0119. The fourth-order valence-corrected chi connectivity index (χ4v) is 3.60. The van der Waals surface area contributed by atoms with Gasteiger partial charge < -0.3 is 9.64 Å². The summed E-state index contributed by atoms with van der Waals surface area (Å²) in [4.78, 5) is 28.9. The van der Waals surface area contributed by atoms with Crippen molar-refractivity contribution in [1.29, 1.82) is 0 Å². The molecule has 132 valence electrons. The third kappa shape index (κ3) is 3.52. The van der Waals surface area contributed by atoms with Gasteiger partial charge in [-0.15, -0.1) is 0 Å². The minimum atomic E-state index is -0.158. The Labute approximate surface area is 142 Å². The fourth-order valence-electron chi connectivity index (χ4n) is 3.60. The van der Waals surface area contributed by atoms with E-state index in [1.165, 1.54) is 10.7 Å². The van der Waals surface area contributed by atoms with E-state index in [9.17, 15) is 9.59 Å². The van der Waals surface area contributed by atoms with E-state index in [0.29, 0.717) is 30.7 Å². The van der Waals surface area contributed by atoms with Gasteiger partial charge >= 0.3 is 0 Å². The van der Waals surface area contributed by atoms with Gasteiger partial charge in [-0.25, -0.2) is 4.68 Å². The highest BCUT2D eigenvalue weighted by Gasteiger charge is 2.37. The number of morpholine rings is 1. The number of carbonyl (C=O) groups is 1. The van der Waals surface area contributed by atoms with E-state index in [1.54, 1.807) is 6.07 Å². The molecule has 2 aliphatic rings. The van der Waals surface area contributed by atoms with Gasteiger partial charge in [0.1, 0.15) is 5.69 Å². The number of aromatic nitrogens is 2. The number of hydrogen-bond acceptors (Lipinski definition) is 5. The molecule has 3 heterocycles. The van der Waals surface area contributed by atoms with Crippen molar-refractivity contribution in [2.75, 3.05) is 39.4 Å². The summed E-state index contributed by atoms with van der Waals surface area (Å²) in [5.41, 5.74) is 0.201. The summed E-state index contributed by atoms with van der Waals surface area (Å²) in [5.74, 6) is 0.344. The normalized spacial score (nSPS) is 25.2. The van der Waals surface area contributed by atoms with E-state index in [2.05, 4.69) is 16.9 Å². The smallest absolute Gasteiger partial charge is 0.274 e. The zero-order valence-electron chi connectivity index (χ0n) is 14.5. The van der Waals surface area contributed by atoms with E-state index < -0.39 is 0 Å². The minimum Gasteiger partial charge on any atom is -0.379 e. The molecule has 0 saturated carbocycles. The van der Waals surface area contributed by atoms with E-state index in [1.807, 2.05) is 11.8 Å². The zero-order valence-corrected chi connectivity index (χ0v) is 14.5. The van der Waals surface area contributed by atoms with Crippen LogP contribution in [0.3, 0.4) is 0 Å². The SMILES string of the molecule is CCCn1nc(C(=O)N2C[C@@H](N3CCOCC3)[C@@H](C)C2)ccc1=O. The Bertz CT molecular complexity index is 639. The molecule has 0 bridgehead atoms. The third-order valence-corrected chi connectivity index (χ3v) is 4.90. The van der Waals surface area contributed by atoms with E-state index in [0.717, 1.165) is 39.3 Å². The van der Waals surface area contributed by atoms with Crippen LogP contribution in [0.1, 0.15) is 30.8 Å². The van der Waals surface area contributed by atoms with Crippen molar-refractivity contribution >= 4 is 5.91 Å². The van der Waals surface area contributed by atoms with Crippen LogP contribution in [-0.4, -0.2) is 70.9 Å². The summed E-state index contributed by atoms with van der Waals surface area (Å²) in [7, 11) is 0. The molecular weight excluding hydrogens is 308 g/mol. The average Bonchev–Trinajstić information content (AvgIpc) is 2.99. The van der Waals surface area contributed by atoms with Crippen molar-refractivity contribution in [3.63, 3.8) is 0 Å². The van der Waals surface area contributed by atoms with Gasteiger partial charge in [0.2, 0.25) is 0 Å². The molecule has 2 fully saturated rings. The number of nitrogens with zero attached hydrogens (tertiary/aromatic N) is 4. The van der Waals surface area contributed by atoms with Crippen molar-refractivity contribution in [3.8, 4) is 0 Å². The molecule has 0 spiro atoms. The highest BCUT2D eigenvalue weighted by atomic mass is 16.5. The first kappa shape index (κ1) is 17.1. The molecule has 2 atom stereocenters. The first-order valence-corrected chi connectivity index (χ1v) is 8.79. The van der Waals surface area contributed by atoms with E-state index in [-0.39, 0.29) is 11.5 Å². The number of aryl methyl sites for hydroxylation is 1. The van der Waals surface area contributed by atoms with Crippen LogP contribution >= 0.6 is 0 Å². The first-order valence-electron chi connectivity index (χ1n) is 8.79. The number of rotatable bonds is 4. The first-order chi connectivity index (χ1) is 11.6. The predicted octanol–water partition coefficient (Wildman–Crippen LogP) is 0.446. The largest absolute Gasteiger partial charge is 0.379 e. The second-order valence-electron chi connectivity index (χ2n) is 6.68. The average molecular weight is 334 g/mol. The van der Waals surface area contributed by atoms with Crippen LogP contribution in [0.25, 0.3) is 0 Å². The van der Waals surface area contributed by atoms with Crippen LogP contribution in [0.15, 0.2) is 16.9 Å². The van der Waals surface area contributed by atoms with Gasteiger partial charge in [-0.3, -0.25) is 14.5 Å². The molecule has 7 heteroatoms. The van der Waals surface area contributed by atoms with Crippen molar-refractivity contribution in [3.05, 3.63) is 28.2 Å². The van der Waals surface area contributed by atoms with Gasteiger partial charge in [0.25, 0.3) is 11.5 Å². The van der Waals surface area contributed by atoms with Crippen LogP contribution in [0.4, 0.5) is 0 Å². The summed E-state index contributed by atoms with van der Waals surface area (Å²) in [6.45, 7) is 9.54. The van der Waals surface area contributed by atoms with Crippen molar-refractivity contribution in [1.82, 2.24) is 19.6 Å².